The van der Waals surface area contributed by atoms with Gasteiger partial charge < -0.3 is 11.1 Å². The Hall–Kier alpha value is -3.05. The molecule has 25 heavy (non-hydrogen) atoms. The number of H-pyrrole nitrogens is 1. The van der Waals surface area contributed by atoms with E-state index < -0.39 is 0 Å². The Labute approximate surface area is 149 Å². The van der Waals surface area contributed by atoms with Crippen molar-refractivity contribution in [2.45, 2.75) is 6.42 Å². The van der Waals surface area contributed by atoms with Crippen LogP contribution in [0.5, 0.6) is 0 Å². The molecule has 1 aliphatic rings. The second kappa shape index (κ2) is 5.50. The van der Waals surface area contributed by atoms with Gasteiger partial charge in [-0.2, -0.15) is 5.10 Å². The number of hydrogen-bond acceptors (Lipinski definition) is 4. The monoisotopic (exact) mass is 344 g/mol. The molecule has 0 aliphatic heterocycles. The van der Waals surface area contributed by atoms with Gasteiger partial charge in [-0.15, -0.1) is 11.3 Å². The van der Waals surface area contributed by atoms with Crippen molar-refractivity contribution >= 4 is 28.4 Å². The van der Waals surface area contributed by atoms with Crippen molar-refractivity contribution in [1.82, 2.24) is 10.2 Å². The molecule has 2 aromatic carbocycles. The molecule has 0 radical (unpaired) electrons. The van der Waals surface area contributed by atoms with Crippen LogP contribution < -0.4 is 11.1 Å². The topological polar surface area (TPSA) is 66.7 Å². The fourth-order valence-corrected chi connectivity index (χ4v) is 4.20. The zero-order valence-electron chi connectivity index (χ0n) is 13.4. The largest absolute Gasteiger partial charge is 0.399 e. The highest BCUT2D eigenvalue weighted by Gasteiger charge is 2.25. The molecule has 0 saturated carbocycles. The number of nitrogens with one attached hydrogen (secondary N) is 2. The molecule has 4 nitrogen and oxygen atoms in total. The Balaban J connectivity index is 1.42. The average Bonchev–Trinajstić information content (AvgIpc) is 3.30. The first-order valence-electron chi connectivity index (χ1n) is 8.15. The van der Waals surface area contributed by atoms with E-state index in [2.05, 4.69) is 51.2 Å². The lowest BCUT2D eigenvalue weighted by Crippen LogP contribution is -1.92. The first-order chi connectivity index (χ1) is 12.3. The molecule has 0 unspecified atom stereocenters. The van der Waals surface area contributed by atoms with Crippen molar-refractivity contribution < 1.29 is 0 Å². The first-order valence-corrected chi connectivity index (χ1v) is 9.03. The normalized spacial score (nSPS) is 12.0. The molecule has 5 rings (SSSR count). The fraction of sp³-hybridized carbons (Fsp3) is 0.0500. The van der Waals surface area contributed by atoms with Gasteiger partial charge in [-0.3, -0.25) is 5.10 Å². The molecule has 122 valence electrons. The Morgan fingerprint density at radius 3 is 2.44 bits per heavy atom. The highest BCUT2D eigenvalue weighted by molar-refractivity contribution is 7.10. The molecule has 4 aromatic rings. The van der Waals surface area contributed by atoms with Crippen LogP contribution in [0.25, 0.3) is 22.5 Å². The van der Waals surface area contributed by atoms with Crippen LogP contribution in [0.1, 0.15) is 10.4 Å². The van der Waals surface area contributed by atoms with Gasteiger partial charge in [0.25, 0.3) is 0 Å². The van der Waals surface area contributed by atoms with Gasteiger partial charge in [-0.05, 0) is 47.8 Å². The van der Waals surface area contributed by atoms with Crippen molar-refractivity contribution in [1.29, 1.82) is 0 Å². The van der Waals surface area contributed by atoms with Crippen molar-refractivity contribution in [3.8, 4) is 22.5 Å². The van der Waals surface area contributed by atoms with E-state index in [1.807, 2.05) is 35.6 Å². The van der Waals surface area contributed by atoms with Crippen LogP contribution in [-0.2, 0) is 6.42 Å². The van der Waals surface area contributed by atoms with E-state index in [9.17, 15) is 0 Å². The third-order valence-electron chi connectivity index (χ3n) is 4.58. The minimum Gasteiger partial charge on any atom is -0.399 e. The molecule has 5 heteroatoms. The second-order valence-electron chi connectivity index (χ2n) is 6.18. The summed E-state index contributed by atoms with van der Waals surface area (Å²) < 4.78 is 0. The summed E-state index contributed by atoms with van der Waals surface area (Å²) in [5.41, 5.74) is 14.5. The summed E-state index contributed by atoms with van der Waals surface area (Å²) in [4.78, 5) is 1.42. The minimum absolute atomic E-state index is 0.766. The predicted octanol–water partition coefficient (Wildman–Crippen LogP) is 5.04. The molecule has 0 bridgehead atoms. The summed E-state index contributed by atoms with van der Waals surface area (Å²) >= 11 is 1.82. The van der Waals surface area contributed by atoms with Gasteiger partial charge in [0.1, 0.15) is 0 Å². The third kappa shape index (κ3) is 2.40. The summed E-state index contributed by atoms with van der Waals surface area (Å²) in [6, 6.07) is 18.3. The predicted molar refractivity (Wildman–Crippen MR) is 104 cm³/mol. The maximum absolute atomic E-state index is 5.73. The maximum atomic E-state index is 5.73. The van der Waals surface area contributed by atoms with Crippen molar-refractivity contribution in [2.24, 2.45) is 0 Å². The van der Waals surface area contributed by atoms with Crippen LogP contribution in [0.4, 0.5) is 17.1 Å². The van der Waals surface area contributed by atoms with Crippen LogP contribution in [-0.4, -0.2) is 10.2 Å². The van der Waals surface area contributed by atoms with Crippen LogP contribution in [0.3, 0.4) is 0 Å². The van der Waals surface area contributed by atoms with Crippen LogP contribution in [0.2, 0.25) is 0 Å². The summed E-state index contributed by atoms with van der Waals surface area (Å²) in [7, 11) is 0. The number of aromatic amines is 1. The standard InChI is InChI=1S/C20H16N4S/c21-13-3-7-15(8-4-13)22-14-5-1-12(2-6-14)19-17-11-18-16(9-10-25-18)20(17)24-23-19/h1-10,22H,11,21H2,(H,23,24). The Kier molecular flexibility index (Phi) is 3.15. The molecular weight excluding hydrogens is 328 g/mol. The lowest BCUT2D eigenvalue weighted by molar-refractivity contribution is 1.10. The number of rotatable bonds is 3. The summed E-state index contributed by atoms with van der Waals surface area (Å²) in [6.07, 6.45) is 0.972. The van der Waals surface area contributed by atoms with E-state index in [4.69, 9.17) is 5.73 Å². The van der Waals surface area contributed by atoms with E-state index in [0.29, 0.717) is 0 Å². The van der Waals surface area contributed by atoms with Crippen molar-refractivity contribution in [2.75, 3.05) is 11.1 Å². The number of anilines is 3. The Bertz CT molecular complexity index is 1040. The maximum Gasteiger partial charge on any atom is 0.0962 e. The highest BCUT2D eigenvalue weighted by atomic mass is 32.1. The Morgan fingerprint density at radius 1 is 0.960 bits per heavy atom. The van der Waals surface area contributed by atoms with Crippen LogP contribution >= 0.6 is 11.3 Å². The van der Waals surface area contributed by atoms with E-state index in [-0.39, 0.29) is 0 Å². The van der Waals surface area contributed by atoms with Gasteiger partial charge in [0.15, 0.2) is 0 Å². The molecule has 0 saturated heterocycles. The fourth-order valence-electron chi connectivity index (χ4n) is 3.30. The van der Waals surface area contributed by atoms with Gasteiger partial charge in [-0.1, -0.05) is 12.1 Å². The number of fused-ring (bicyclic) bond motifs is 3. The summed E-state index contributed by atoms with van der Waals surface area (Å²) in [5.74, 6) is 0. The van der Waals surface area contributed by atoms with E-state index in [1.165, 1.54) is 21.7 Å². The lowest BCUT2D eigenvalue weighted by Gasteiger charge is -2.08. The van der Waals surface area contributed by atoms with Gasteiger partial charge in [0.05, 0.1) is 11.4 Å². The molecule has 0 atom stereocenters. The van der Waals surface area contributed by atoms with Gasteiger partial charge in [0, 0.05) is 45.1 Å². The number of aromatic nitrogens is 2. The van der Waals surface area contributed by atoms with Crippen molar-refractivity contribution in [3.05, 3.63) is 70.4 Å². The number of hydrogen-bond donors (Lipinski definition) is 3. The quantitative estimate of drug-likeness (QED) is 0.402. The van der Waals surface area contributed by atoms with Gasteiger partial charge >= 0.3 is 0 Å². The number of benzene rings is 2. The lowest BCUT2D eigenvalue weighted by atomic mass is 10.1. The molecule has 1 aliphatic carbocycles. The molecule has 4 N–H and O–H groups in total. The zero-order valence-corrected chi connectivity index (χ0v) is 14.2. The SMILES string of the molecule is Nc1ccc(Nc2ccc(-c3n[nH]c4c3Cc3sccc3-4)cc2)cc1. The van der Waals surface area contributed by atoms with Crippen LogP contribution in [0.15, 0.2) is 60.0 Å². The van der Waals surface area contributed by atoms with Gasteiger partial charge in [-0.25, -0.2) is 0 Å². The summed E-state index contributed by atoms with van der Waals surface area (Å²) in [5, 5.41) is 13.3. The first kappa shape index (κ1) is 14.3. The van der Waals surface area contributed by atoms with Crippen LogP contribution in [0, 0.1) is 0 Å². The average molecular weight is 344 g/mol. The summed E-state index contributed by atoms with van der Waals surface area (Å²) in [6.45, 7) is 0. The number of nitrogens with two attached hydrogens (primary N) is 1. The van der Waals surface area contributed by atoms with E-state index in [1.54, 1.807) is 0 Å². The van der Waals surface area contributed by atoms with Crippen molar-refractivity contribution in [3.63, 3.8) is 0 Å². The number of thiophene rings is 1. The molecule has 0 fully saturated rings. The molecule has 2 aromatic heterocycles. The second-order valence-corrected chi connectivity index (χ2v) is 7.19. The molecule has 0 amide bonds. The third-order valence-corrected chi connectivity index (χ3v) is 5.50. The van der Waals surface area contributed by atoms with E-state index in [0.717, 1.165) is 34.7 Å². The van der Waals surface area contributed by atoms with Gasteiger partial charge in [0.2, 0.25) is 0 Å². The smallest absolute Gasteiger partial charge is 0.0962 e. The highest BCUT2D eigenvalue weighted by Crippen LogP contribution is 2.42. The zero-order chi connectivity index (χ0) is 16.8. The number of nitrogens with zero attached hydrogens (tertiary/aromatic N) is 1. The molecule has 2 heterocycles. The molecule has 0 spiro atoms. The molecular formula is C20H16N4S. The number of nitrogen functional groups attached to an aromatic ring is 1. The van der Waals surface area contributed by atoms with E-state index >= 15 is 0 Å². The Morgan fingerprint density at radius 2 is 1.68 bits per heavy atom. The minimum atomic E-state index is 0.766.